The standard InChI is InChI=1S/C27H26F6N2O3/c28-26(29,30)21-12-19(13-22(14-21)27(31,32)33)16-38-24-9-4-10-35(25(24)20-6-2-1-3-7-20)17-34(18-36)15-23-8-5-11-37-23/h1-3,5-8,11-14,18,24-25H,4,9-10,15-17H2/t24-,25-/m1/s1. The highest BCUT2D eigenvalue weighted by atomic mass is 19.4. The van der Waals surface area contributed by atoms with Gasteiger partial charge in [0.15, 0.2) is 0 Å². The Hall–Kier alpha value is -3.31. The number of carbonyl (C=O) groups excluding carboxylic acids is 1. The summed E-state index contributed by atoms with van der Waals surface area (Å²) < 4.78 is 91.2. The predicted molar refractivity (Wildman–Crippen MR) is 125 cm³/mol. The molecule has 0 aliphatic carbocycles. The minimum Gasteiger partial charge on any atom is -0.467 e. The number of halogens is 6. The maximum Gasteiger partial charge on any atom is 0.416 e. The van der Waals surface area contributed by atoms with Crippen molar-refractivity contribution in [3.63, 3.8) is 0 Å². The number of piperidine rings is 1. The van der Waals surface area contributed by atoms with Gasteiger partial charge in [0.1, 0.15) is 5.76 Å². The van der Waals surface area contributed by atoms with E-state index in [0.717, 1.165) is 5.56 Å². The van der Waals surface area contributed by atoms with Gasteiger partial charge in [0, 0.05) is 6.54 Å². The summed E-state index contributed by atoms with van der Waals surface area (Å²) in [6.45, 7) is 0.651. The van der Waals surface area contributed by atoms with Gasteiger partial charge in [-0.15, -0.1) is 0 Å². The molecular weight excluding hydrogens is 514 g/mol. The number of likely N-dealkylation sites (tertiary alicyclic amines) is 1. The summed E-state index contributed by atoms with van der Waals surface area (Å²) >= 11 is 0. The van der Waals surface area contributed by atoms with Crippen LogP contribution in [0.15, 0.2) is 71.3 Å². The second kappa shape index (κ2) is 11.6. The van der Waals surface area contributed by atoms with E-state index in [2.05, 4.69) is 0 Å². The molecule has 1 aliphatic rings. The summed E-state index contributed by atoms with van der Waals surface area (Å²) in [5.41, 5.74) is -2.12. The number of amides is 1. The molecule has 0 unspecified atom stereocenters. The Morgan fingerprint density at radius 3 is 2.24 bits per heavy atom. The van der Waals surface area contributed by atoms with Gasteiger partial charge in [-0.3, -0.25) is 9.69 Å². The molecule has 5 nitrogen and oxygen atoms in total. The lowest BCUT2D eigenvalue weighted by Crippen LogP contribution is -2.47. The largest absolute Gasteiger partial charge is 0.467 e. The van der Waals surface area contributed by atoms with E-state index in [-0.39, 0.29) is 30.9 Å². The van der Waals surface area contributed by atoms with Crippen molar-refractivity contribution in [3.8, 4) is 0 Å². The first-order valence-corrected chi connectivity index (χ1v) is 12.0. The maximum atomic E-state index is 13.3. The van der Waals surface area contributed by atoms with E-state index in [1.165, 1.54) is 11.2 Å². The van der Waals surface area contributed by atoms with E-state index in [1.54, 1.807) is 12.1 Å². The van der Waals surface area contributed by atoms with Crippen LogP contribution in [0.5, 0.6) is 0 Å². The lowest BCUT2D eigenvalue weighted by Gasteiger charge is -2.42. The van der Waals surface area contributed by atoms with Crippen LogP contribution in [0.4, 0.5) is 26.3 Å². The molecular formula is C27H26F6N2O3. The molecule has 0 spiro atoms. The lowest BCUT2D eigenvalue weighted by atomic mass is 9.92. The summed E-state index contributed by atoms with van der Waals surface area (Å²) in [5.74, 6) is 0.600. The van der Waals surface area contributed by atoms with Gasteiger partial charge in [-0.2, -0.15) is 26.3 Å². The van der Waals surface area contributed by atoms with Crippen LogP contribution in [0.1, 0.15) is 46.9 Å². The van der Waals surface area contributed by atoms with Gasteiger partial charge < -0.3 is 14.1 Å². The van der Waals surface area contributed by atoms with Crippen LogP contribution in [-0.4, -0.2) is 35.5 Å². The Morgan fingerprint density at radius 2 is 1.66 bits per heavy atom. The third kappa shape index (κ3) is 6.96. The second-order valence-corrected chi connectivity index (χ2v) is 9.15. The Kier molecular flexibility index (Phi) is 8.47. The zero-order valence-corrected chi connectivity index (χ0v) is 20.2. The highest BCUT2D eigenvalue weighted by Gasteiger charge is 2.38. The summed E-state index contributed by atoms with van der Waals surface area (Å²) in [4.78, 5) is 15.4. The summed E-state index contributed by atoms with van der Waals surface area (Å²) in [6.07, 6.45) is -6.98. The number of hydrogen-bond acceptors (Lipinski definition) is 4. The van der Waals surface area contributed by atoms with Crippen LogP contribution in [0, 0.1) is 0 Å². The van der Waals surface area contributed by atoms with E-state index < -0.39 is 36.2 Å². The van der Waals surface area contributed by atoms with Crippen molar-refractivity contribution in [2.75, 3.05) is 13.2 Å². The normalized spacial score (nSPS) is 18.9. The Balaban J connectivity index is 1.57. The fourth-order valence-electron chi connectivity index (χ4n) is 4.70. The van der Waals surface area contributed by atoms with Crippen molar-refractivity contribution in [3.05, 3.63) is 94.9 Å². The SMILES string of the molecule is O=CN(Cc1ccco1)CN1CCC[C@@H](OCc2cc(C(F)(F)F)cc(C(F)(F)F)c2)[C@H]1c1ccccc1. The fraction of sp³-hybridized carbons (Fsp3) is 0.370. The molecule has 0 N–H and O–H groups in total. The first-order valence-electron chi connectivity index (χ1n) is 12.0. The second-order valence-electron chi connectivity index (χ2n) is 9.15. The van der Waals surface area contributed by atoms with Crippen LogP contribution in [0.3, 0.4) is 0 Å². The number of carbonyl (C=O) groups is 1. The van der Waals surface area contributed by atoms with Gasteiger partial charge in [0.25, 0.3) is 0 Å². The molecule has 204 valence electrons. The molecule has 1 aromatic heterocycles. The first kappa shape index (κ1) is 27.7. The number of alkyl halides is 6. The van der Waals surface area contributed by atoms with Crippen molar-refractivity contribution in [2.45, 2.75) is 50.5 Å². The molecule has 2 aromatic carbocycles. The Bertz CT molecular complexity index is 1150. The smallest absolute Gasteiger partial charge is 0.416 e. The monoisotopic (exact) mass is 540 g/mol. The van der Waals surface area contributed by atoms with Gasteiger partial charge in [0.2, 0.25) is 6.41 Å². The third-order valence-corrected chi connectivity index (χ3v) is 6.38. The van der Waals surface area contributed by atoms with Crippen LogP contribution in [0.25, 0.3) is 0 Å². The molecule has 38 heavy (non-hydrogen) atoms. The number of ether oxygens (including phenoxy) is 1. The van der Waals surface area contributed by atoms with E-state index in [4.69, 9.17) is 9.15 Å². The van der Waals surface area contributed by atoms with Crippen molar-refractivity contribution in [2.24, 2.45) is 0 Å². The number of furan rings is 1. The maximum absolute atomic E-state index is 13.3. The highest BCUT2D eigenvalue weighted by molar-refractivity contribution is 5.47. The molecule has 0 saturated carbocycles. The quantitative estimate of drug-likeness (QED) is 0.225. The number of rotatable bonds is 9. The van der Waals surface area contributed by atoms with E-state index in [1.807, 2.05) is 35.2 Å². The third-order valence-electron chi connectivity index (χ3n) is 6.38. The van der Waals surface area contributed by atoms with Gasteiger partial charge in [-0.25, -0.2) is 0 Å². The zero-order valence-electron chi connectivity index (χ0n) is 20.2. The fourth-order valence-corrected chi connectivity index (χ4v) is 4.70. The van der Waals surface area contributed by atoms with Gasteiger partial charge in [-0.1, -0.05) is 30.3 Å². The predicted octanol–water partition coefficient (Wildman–Crippen LogP) is 6.66. The molecule has 1 amide bonds. The van der Waals surface area contributed by atoms with E-state index in [9.17, 15) is 31.1 Å². The highest BCUT2D eigenvalue weighted by Crippen LogP contribution is 2.38. The average Bonchev–Trinajstić information content (AvgIpc) is 3.39. The minimum absolute atomic E-state index is 0.103. The van der Waals surface area contributed by atoms with Crippen molar-refractivity contribution in [1.82, 2.24) is 9.80 Å². The molecule has 0 bridgehead atoms. The zero-order chi connectivity index (χ0) is 27.3. The summed E-state index contributed by atoms with van der Waals surface area (Å²) in [6, 6.07) is 13.8. The number of nitrogens with zero attached hydrogens (tertiary/aromatic N) is 2. The van der Waals surface area contributed by atoms with Gasteiger partial charge in [0.05, 0.1) is 49.4 Å². The molecule has 1 aliphatic heterocycles. The molecule has 11 heteroatoms. The Morgan fingerprint density at radius 1 is 0.974 bits per heavy atom. The average molecular weight is 541 g/mol. The summed E-state index contributed by atoms with van der Waals surface area (Å²) in [7, 11) is 0. The molecule has 1 fully saturated rings. The van der Waals surface area contributed by atoms with Crippen LogP contribution >= 0.6 is 0 Å². The van der Waals surface area contributed by atoms with E-state index >= 15 is 0 Å². The number of hydrogen-bond donors (Lipinski definition) is 0. The molecule has 2 heterocycles. The van der Waals surface area contributed by atoms with Crippen LogP contribution in [0.2, 0.25) is 0 Å². The number of benzene rings is 2. The molecule has 4 rings (SSSR count). The van der Waals surface area contributed by atoms with E-state index in [0.29, 0.717) is 43.7 Å². The van der Waals surface area contributed by atoms with Crippen molar-refractivity contribution in [1.29, 1.82) is 0 Å². The summed E-state index contributed by atoms with van der Waals surface area (Å²) in [5, 5.41) is 0. The molecule has 3 aromatic rings. The topological polar surface area (TPSA) is 45.9 Å². The minimum atomic E-state index is -4.93. The van der Waals surface area contributed by atoms with Gasteiger partial charge in [-0.05, 0) is 54.3 Å². The molecule has 1 saturated heterocycles. The molecule has 2 atom stereocenters. The van der Waals surface area contributed by atoms with Crippen LogP contribution in [-0.2, 0) is 35.0 Å². The lowest BCUT2D eigenvalue weighted by molar-refractivity contribution is -0.143. The van der Waals surface area contributed by atoms with Crippen molar-refractivity contribution >= 4 is 6.41 Å². The van der Waals surface area contributed by atoms with Crippen LogP contribution < -0.4 is 0 Å². The van der Waals surface area contributed by atoms with Gasteiger partial charge >= 0.3 is 12.4 Å². The Labute approximate surface area is 215 Å². The first-order chi connectivity index (χ1) is 18.0. The molecule has 0 radical (unpaired) electrons. The van der Waals surface area contributed by atoms with Crippen molar-refractivity contribution < 1.29 is 40.3 Å².